The number of hydrogen-bond donors (Lipinski definition) is 2. The number of ether oxygens (including phenoxy) is 1. The first-order chi connectivity index (χ1) is 11.1. The molecule has 6 heteroatoms. The number of nitrogens with zero attached hydrogens (tertiary/aromatic N) is 3. The first-order valence-electron chi connectivity index (χ1n) is 7.92. The number of anilines is 1. The van der Waals surface area contributed by atoms with E-state index in [0.717, 1.165) is 48.3 Å². The number of aliphatic hydroxyl groups is 1. The van der Waals surface area contributed by atoms with E-state index in [9.17, 15) is 5.11 Å². The number of nitrogens with one attached hydrogen (secondary N) is 1. The number of piperazine rings is 1. The molecule has 0 saturated carbocycles. The molecule has 2 N–H and O–H groups in total. The second-order valence-corrected chi connectivity index (χ2v) is 5.95. The fourth-order valence-electron chi connectivity index (χ4n) is 3.14. The van der Waals surface area contributed by atoms with Crippen molar-refractivity contribution in [3.63, 3.8) is 0 Å². The molecule has 1 fully saturated rings. The first kappa shape index (κ1) is 15.8. The summed E-state index contributed by atoms with van der Waals surface area (Å²) in [6.07, 6.45) is 1.87. The molecule has 3 heterocycles. The zero-order valence-corrected chi connectivity index (χ0v) is 13.9. The number of pyridine rings is 1. The highest BCUT2D eigenvalue weighted by Gasteiger charge is 2.22. The van der Waals surface area contributed by atoms with E-state index in [0.29, 0.717) is 0 Å². The molecular weight excluding hydrogens is 292 g/mol. The summed E-state index contributed by atoms with van der Waals surface area (Å²) in [7, 11) is 1.68. The fourth-order valence-corrected chi connectivity index (χ4v) is 3.14. The Bertz CT molecular complexity index is 664. The Hall–Kier alpha value is -2.05. The van der Waals surface area contributed by atoms with Crippen LogP contribution in [-0.2, 0) is 0 Å². The Labute approximate surface area is 136 Å². The van der Waals surface area contributed by atoms with Crippen molar-refractivity contribution in [2.24, 2.45) is 0 Å². The van der Waals surface area contributed by atoms with E-state index in [1.54, 1.807) is 7.11 Å². The van der Waals surface area contributed by atoms with E-state index < -0.39 is 0 Å². The molecule has 0 aliphatic carbocycles. The lowest BCUT2D eigenvalue weighted by atomic mass is 10.2. The van der Waals surface area contributed by atoms with Crippen LogP contribution in [-0.4, -0.2) is 54.1 Å². The Morgan fingerprint density at radius 3 is 2.74 bits per heavy atom. The third-order valence-electron chi connectivity index (χ3n) is 4.37. The fraction of sp³-hybridized carbons (Fsp3) is 0.471. The van der Waals surface area contributed by atoms with Gasteiger partial charge in [0.1, 0.15) is 11.6 Å². The van der Waals surface area contributed by atoms with Crippen LogP contribution in [0.4, 0.5) is 5.69 Å². The van der Waals surface area contributed by atoms with E-state index in [-0.39, 0.29) is 12.6 Å². The number of hydrogen-bond acceptors (Lipinski definition) is 5. The van der Waals surface area contributed by atoms with E-state index in [1.807, 2.05) is 12.3 Å². The minimum atomic E-state index is 0.0853. The van der Waals surface area contributed by atoms with Gasteiger partial charge in [0.2, 0.25) is 0 Å². The lowest BCUT2D eigenvalue weighted by Crippen LogP contribution is -2.52. The molecule has 124 valence electrons. The normalized spacial score (nSPS) is 18.3. The maximum atomic E-state index is 9.37. The maximum absolute atomic E-state index is 9.37. The van der Waals surface area contributed by atoms with Gasteiger partial charge in [-0.3, -0.25) is 0 Å². The van der Waals surface area contributed by atoms with Gasteiger partial charge in [0.15, 0.2) is 0 Å². The average molecular weight is 316 g/mol. The topological polar surface area (TPSA) is 62.5 Å². The SMILES string of the molecule is COc1cc(-n2c(C)ccc2C)ncc1N1CCN[C@@H](CO)C1. The minimum Gasteiger partial charge on any atom is -0.494 e. The van der Waals surface area contributed by atoms with Crippen LogP contribution >= 0.6 is 0 Å². The predicted molar refractivity (Wildman–Crippen MR) is 90.7 cm³/mol. The van der Waals surface area contributed by atoms with Gasteiger partial charge in [-0.05, 0) is 26.0 Å². The van der Waals surface area contributed by atoms with Crippen LogP contribution in [0.5, 0.6) is 5.75 Å². The summed E-state index contributed by atoms with van der Waals surface area (Å²) >= 11 is 0. The van der Waals surface area contributed by atoms with Gasteiger partial charge >= 0.3 is 0 Å². The Morgan fingerprint density at radius 2 is 2.09 bits per heavy atom. The van der Waals surface area contributed by atoms with Crippen molar-refractivity contribution in [1.29, 1.82) is 0 Å². The standard InChI is InChI=1S/C17H24N4O2/c1-12-4-5-13(2)21(12)17-8-16(23-3)15(9-19-17)20-7-6-18-14(10-20)11-22/h4-5,8-9,14,18,22H,6-7,10-11H2,1-3H3/t14-/m1/s1. The van der Waals surface area contributed by atoms with Gasteiger partial charge in [-0.15, -0.1) is 0 Å². The van der Waals surface area contributed by atoms with Crippen LogP contribution in [0.3, 0.4) is 0 Å². The highest BCUT2D eigenvalue weighted by atomic mass is 16.5. The number of aliphatic hydroxyl groups excluding tert-OH is 1. The van der Waals surface area contributed by atoms with Gasteiger partial charge in [-0.1, -0.05) is 0 Å². The van der Waals surface area contributed by atoms with Crippen molar-refractivity contribution in [2.75, 3.05) is 38.3 Å². The van der Waals surface area contributed by atoms with Gasteiger partial charge in [0, 0.05) is 43.1 Å². The molecule has 3 rings (SSSR count). The Kier molecular flexibility index (Phi) is 4.54. The lowest BCUT2D eigenvalue weighted by molar-refractivity contribution is 0.235. The smallest absolute Gasteiger partial charge is 0.147 e. The summed E-state index contributed by atoms with van der Waals surface area (Å²) in [6, 6.07) is 6.23. The highest BCUT2D eigenvalue weighted by molar-refractivity contribution is 5.60. The van der Waals surface area contributed by atoms with Crippen molar-refractivity contribution in [3.8, 4) is 11.6 Å². The largest absolute Gasteiger partial charge is 0.494 e. The summed E-state index contributed by atoms with van der Waals surface area (Å²) < 4.78 is 7.72. The molecule has 2 aromatic heterocycles. The molecule has 1 aliphatic heterocycles. The molecule has 6 nitrogen and oxygen atoms in total. The van der Waals surface area contributed by atoms with E-state index in [4.69, 9.17) is 4.74 Å². The maximum Gasteiger partial charge on any atom is 0.147 e. The molecule has 0 bridgehead atoms. The van der Waals surface area contributed by atoms with Crippen molar-refractivity contribution in [2.45, 2.75) is 19.9 Å². The molecule has 0 unspecified atom stereocenters. The molecular formula is C17H24N4O2. The third kappa shape index (κ3) is 3.04. The molecule has 0 spiro atoms. The van der Waals surface area contributed by atoms with Crippen molar-refractivity contribution < 1.29 is 9.84 Å². The minimum absolute atomic E-state index is 0.0853. The number of aromatic nitrogens is 2. The lowest BCUT2D eigenvalue weighted by Gasteiger charge is -2.35. The van der Waals surface area contributed by atoms with E-state index >= 15 is 0 Å². The van der Waals surface area contributed by atoms with E-state index in [2.05, 4.69) is 45.7 Å². The molecule has 1 atom stereocenters. The van der Waals surface area contributed by atoms with Gasteiger partial charge in [-0.25, -0.2) is 4.98 Å². The van der Waals surface area contributed by atoms with Crippen LogP contribution in [0.2, 0.25) is 0 Å². The number of rotatable bonds is 4. The Morgan fingerprint density at radius 1 is 1.35 bits per heavy atom. The third-order valence-corrected chi connectivity index (χ3v) is 4.37. The van der Waals surface area contributed by atoms with Crippen LogP contribution in [0.15, 0.2) is 24.4 Å². The summed E-state index contributed by atoms with van der Waals surface area (Å²) in [6.45, 7) is 6.72. The summed E-state index contributed by atoms with van der Waals surface area (Å²) in [5.74, 6) is 1.67. The predicted octanol–water partition coefficient (Wildman–Crippen LogP) is 1.27. The van der Waals surface area contributed by atoms with Crippen LogP contribution in [0.25, 0.3) is 5.82 Å². The average Bonchev–Trinajstić information content (AvgIpc) is 2.93. The van der Waals surface area contributed by atoms with Gasteiger partial charge in [0.25, 0.3) is 0 Å². The van der Waals surface area contributed by atoms with Gasteiger partial charge in [-0.2, -0.15) is 0 Å². The van der Waals surface area contributed by atoms with Gasteiger partial charge < -0.3 is 24.6 Å². The monoisotopic (exact) mass is 316 g/mol. The highest BCUT2D eigenvalue weighted by Crippen LogP contribution is 2.30. The van der Waals surface area contributed by atoms with Crippen LogP contribution < -0.4 is 15.0 Å². The van der Waals surface area contributed by atoms with Crippen molar-refractivity contribution in [1.82, 2.24) is 14.9 Å². The molecule has 23 heavy (non-hydrogen) atoms. The van der Waals surface area contributed by atoms with E-state index in [1.165, 1.54) is 0 Å². The zero-order valence-electron chi connectivity index (χ0n) is 13.9. The first-order valence-corrected chi connectivity index (χ1v) is 7.92. The molecule has 2 aromatic rings. The van der Waals surface area contributed by atoms with Gasteiger partial charge in [0.05, 0.1) is 25.6 Å². The number of methoxy groups -OCH3 is 1. The second kappa shape index (κ2) is 6.60. The molecule has 1 saturated heterocycles. The summed E-state index contributed by atoms with van der Waals surface area (Å²) in [5.41, 5.74) is 3.26. The molecule has 1 aliphatic rings. The quantitative estimate of drug-likeness (QED) is 0.889. The van der Waals surface area contributed by atoms with Crippen molar-refractivity contribution in [3.05, 3.63) is 35.8 Å². The Balaban J connectivity index is 1.94. The second-order valence-electron chi connectivity index (χ2n) is 5.95. The summed E-state index contributed by atoms with van der Waals surface area (Å²) in [4.78, 5) is 6.85. The van der Waals surface area contributed by atoms with Crippen LogP contribution in [0, 0.1) is 13.8 Å². The van der Waals surface area contributed by atoms with Crippen LogP contribution in [0.1, 0.15) is 11.4 Å². The molecule has 0 amide bonds. The van der Waals surface area contributed by atoms with Crippen molar-refractivity contribution >= 4 is 5.69 Å². The number of aryl methyl sites for hydroxylation is 2. The molecule has 0 aromatic carbocycles. The summed E-state index contributed by atoms with van der Waals surface area (Å²) in [5, 5.41) is 12.7. The zero-order chi connectivity index (χ0) is 16.4. The molecule has 0 radical (unpaired) electrons.